The van der Waals surface area contributed by atoms with Gasteiger partial charge in [-0.05, 0) is 25.0 Å². The largest absolute Gasteiger partial charge is 0.334 e. The van der Waals surface area contributed by atoms with E-state index in [4.69, 9.17) is 14.8 Å². The second-order valence-electron chi connectivity index (χ2n) is 6.94. The third kappa shape index (κ3) is 3.24. The van der Waals surface area contributed by atoms with E-state index < -0.39 is 5.54 Å². The zero-order valence-electron chi connectivity index (χ0n) is 14.8. The number of rotatable bonds is 4. The van der Waals surface area contributed by atoms with Crippen molar-refractivity contribution in [2.45, 2.75) is 51.0 Å². The first-order chi connectivity index (χ1) is 12.1. The highest BCUT2D eigenvalue weighted by Crippen LogP contribution is 2.37. The summed E-state index contributed by atoms with van der Waals surface area (Å²) in [6, 6.07) is 7.64. The van der Waals surface area contributed by atoms with Crippen LogP contribution < -0.4 is 5.73 Å². The quantitative estimate of drug-likeness (QED) is 0.733. The summed E-state index contributed by atoms with van der Waals surface area (Å²) >= 11 is 0. The number of hydrogen-bond donors (Lipinski definition) is 1. The fourth-order valence-corrected chi connectivity index (χ4v) is 3.20. The Balaban J connectivity index is 0.00000196. The molecule has 4 rings (SSSR count). The molecule has 1 aliphatic rings. The van der Waals surface area contributed by atoms with Crippen LogP contribution in [0.15, 0.2) is 33.3 Å². The van der Waals surface area contributed by atoms with Crippen molar-refractivity contribution in [1.82, 2.24) is 20.3 Å². The van der Waals surface area contributed by atoms with Crippen LogP contribution in [0.1, 0.15) is 57.1 Å². The van der Waals surface area contributed by atoms with E-state index in [9.17, 15) is 0 Å². The first-order valence-electron chi connectivity index (χ1n) is 8.63. The molecule has 3 aromatic rings. The van der Waals surface area contributed by atoms with Gasteiger partial charge in [0.1, 0.15) is 0 Å². The lowest BCUT2D eigenvalue weighted by molar-refractivity contribution is 0.372. The standard InChI is InChI=1S/C18H21N5O2.ClH/c1-11(2)14-20-15(24-22-14)12-7-3-4-8-13(12)16-21-17(23-25-16)18(19)9-5-6-10-18;/h3-4,7-8,11H,5-6,9-10,19H2,1-2H3;1H. The van der Waals surface area contributed by atoms with Gasteiger partial charge in [0.15, 0.2) is 11.6 Å². The normalized spacial score (nSPS) is 16.0. The number of nitrogens with two attached hydrogens (primary N) is 1. The molecule has 1 aromatic carbocycles. The molecule has 1 aliphatic carbocycles. The Morgan fingerprint density at radius 2 is 1.54 bits per heavy atom. The molecule has 2 heterocycles. The molecular formula is C18H22ClN5O2. The van der Waals surface area contributed by atoms with Crippen LogP contribution >= 0.6 is 12.4 Å². The summed E-state index contributed by atoms with van der Waals surface area (Å²) < 4.78 is 10.9. The molecule has 1 saturated carbocycles. The Bertz CT molecular complexity index is 883. The molecular weight excluding hydrogens is 354 g/mol. The van der Waals surface area contributed by atoms with Gasteiger partial charge in [0.2, 0.25) is 0 Å². The lowest BCUT2D eigenvalue weighted by Crippen LogP contribution is -2.34. The Labute approximate surface area is 157 Å². The zero-order chi connectivity index (χ0) is 17.4. The molecule has 0 bridgehead atoms. The van der Waals surface area contributed by atoms with Crippen molar-refractivity contribution in [3.63, 3.8) is 0 Å². The van der Waals surface area contributed by atoms with E-state index in [2.05, 4.69) is 20.3 Å². The van der Waals surface area contributed by atoms with Crippen LogP contribution in [0.25, 0.3) is 22.9 Å². The van der Waals surface area contributed by atoms with Gasteiger partial charge in [-0.2, -0.15) is 9.97 Å². The van der Waals surface area contributed by atoms with Gasteiger partial charge in [-0.25, -0.2) is 0 Å². The van der Waals surface area contributed by atoms with E-state index in [1.807, 2.05) is 38.1 Å². The van der Waals surface area contributed by atoms with Crippen molar-refractivity contribution >= 4 is 12.4 Å². The van der Waals surface area contributed by atoms with Crippen LogP contribution in [0, 0.1) is 0 Å². The second-order valence-corrected chi connectivity index (χ2v) is 6.94. The van der Waals surface area contributed by atoms with Crippen LogP contribution in [0.5, 0.6) is 0 Å². The van der Waals surface area contributed by atoms with E-state index in [1.54, 1.807) is 0 Å². The highest BCUT2D eigenvalue weighted by atomic mass is 35.5. The number of benzene rings is 1. The number of hydrogen-bond acceptors (Lipinski definition) is 7. The molecule has 138 valence electrons. The molecule has 7 nitrogen and oxygen atoms in total. The third-order valence-electron chi connectivity index (χ3n) is 4.71. The maximum atomic E-state index is 6.43. The molecule has 26 heavy (non-hydrogen) atoms. The van der Waals surface area contributed by atoms with Gasteiger partial charge < -0.3 is 14.8 Å². The average molecular weight is 376 g/mol. The monoisotopic (exact) mass is 375 g/mol. The van der Waals surface area contributed by atoms with Gasteiger partial charge in [-0.1, -0.05) is 49.1 Å². The third-order valence-corrected chi connectivity index (χ3v) is 4.71. The lowest BCUT2D eigenvalue weighted by atomic mass is 9.98. The van der Waals surface area contributed by atoms with Crippen LogP contribution in [-0.2, 0) is 5.54 Å². The SMILES string of the molecule is CC(C)c1noc(-c2ccccc2-c2nc(C3(N)CCCC3)no2)n1.Cl. The minimum Gasteiger partial charge on any atom is -0.334 e. The summed E-state index contributed by atoms with van der Waals surface area (Å²) in [5.74, 6) is 2.30. The molecule has 0 atom stereocenters. The number of aromatic nitrogens is 4. The van der Waals surface area contributed by atoms with E-state index in [0.29, 0.717) is 23.4 Å². The van der Waals surface area contributed by atoms with Gasteiger partial charge in [0.25, 0.3) is 11.8 Å². The van der Waals surface area contributed by atoms with Gasteiger partial charge >= 0.3 is 0 Å². The predicted octanol–water partition coefficient (Wildman–Crippen LogP) is 4.06. The van der Waals surface area contributed by atoms with E-state index in [-0.39, 0.29) is 18.3 Å². The Morgan fingerprint density at radius 1 is 0.962 bits per heavy atom. The number of halogens is 1. The van der Waals surface area contributed by atoms with Crippen LogP contribution in [0.3, 0.4) is 0 Å². The molecule has 8 heteroatoms. The topological polar surface area (TPSA) is 104 Å². The molecule has 2 N–H and O–H groups in total. The fraction of sp³-hybridized carbons (Fsp3) is 0.444. The van der Waals surface area contributed by atoms with Crippen molar-refractivity contribution in [3.05, 3.63) is 35.9 Å². The Hall–Kier alpha value is -2.25. The Kier molecular flexibility index (Phi) is 5.11. The molecule has 0 radical (unpaired) electrons. The van der Waals surface area contributed by atoms with Crippen molar-refractivity contribution in [3.8, 4) is 22.9 Å². The summed E-state index contributed by atoms with van der Waals surface area (Å²) in [7, 11) is 0. The number of nitrogens with zero attached hydrogens (tertiary/aromatic N) is 4. The predicted molar refractivity (Wildman–Crippen MR) is 98.7 cm³/mol. The second kappa shape index (κ2) is 7.17. The molecule has 1 fully saturated rings. The summed E-state index contributed by atoms with van der Waals surface area (Å²) in [5, 5.41) is 8.17. The maximum absolute atomic E-state index is 6.43. The molecule has 0 spiro atoms. The van der Waals surface area contributed by atoms with E-state index >= 15 is 0 Å². The smallest absolute Gasteiger partial charge is 0.258 e. The summed E-state index contributed by atoms with van der Waals surface area (Å²) in [4.78, 5) is 9.04. The summed E-state index contributed by atoms with van der Waals surface area (Å²) in [5.41, 5.74) is 7.49. The minimum absolute atomic E-state index is 0. The van der Waals surface area contributed by atoms with Gasteiger partial charge in [0, 0.05) is 5.92 Å². The van der Waals surface area contributed by atoms with E-state index in [1.165, 1.54) is 0 Å². The van der Waals surface area contributed by atoms with Crippen LogP contribution in [0.2, 0.25) is 0 Å². The summed E-state index contributed by atoms with van der Waals surface area (Å²) in [6.07, 6.45) is 3.96. The summed E-state index contributed by atoms with van der Waals surface area (Å²) in [6.45, 7) is 4.04. The molecule has 0 aliphatic heterocycles. The molecule has 2 aromatic heterocycles. The van der Waals surface area contributed by atoms with Crippen molar-refractivity contribution in [2.75, 3.05) is 0 Å². The minimum atomic E-state index is -0.480. The van der Waals surface area contributed by atoms with Gasteiger partial charge in [-0.3, -0.25) is 0 Å². The average Bonchev–Trinajstić information content (AvgIpc) is 3.35. The van der Waals surface area contributed by atoms with Crippen LogP contribution in [0.4, 0.5) is 0 Å². The highest BCUT2D eigenvalue weighted by molar-refractivity contribution is 5.85. The van der Waals surface area contributed by atoms with Crippen LogP contribution in [-0.4, -0.2) is 20.3 Å². The maximum Gasteiger partial charge on any atom is 0.258 e. The molecule has 0 amide bonds. The van der Waals surface area contributed by atoms with Crippen molar-refractivity contribution < 1.29 is 9.05 Å². The van der Waals surface area contributed by atoms with Crippen molar-refractivity contribution in [1.29, 1.82) is 0 Å². The van der Waals surface area contributed by atoms with Gasteiger partial charge in [-0.15, -0.1) is 12.4 Å². The fourth-order valence-electron chi connectivity index (χ4n) is 3.20. The first-order valence-corrected chi connectivity index (χ1v) is 8.63. The highest BCUT2D eigenvalue weighted by Gasteiger charge is 2.36. The lowest BCUT2D eigenvalue weighted by Gasteiger charge is -2.17. The zero-order valence-corrected chi connectivity index (χ0v) is 15.6. The van der Waals surface area contributed by atoms with Crippen molar-refractivity contribution in [2.24, 2.45) is 5.73 Å². The molecule has 0 saturated heterocycles. The first kappa shape index (κ1) is 18.5. The Morgan fingerprint density at radius 3 is 2.12 bits per heavy atom. The molecule has 0 unspecified atom stereocenters. The van der Waals surface area contributed by atoms with E-state index in [0.717, 1.165) is 36.8 Å². The van der Waals surface area contributed by atoms with Gasteiger partial charge in [0.05, 0.1) is 16.7 Å².